The van der Waals surface area contributed by atoms with Crippen molar-refractivity contribution in [3.63, 3.8) is 0 Å². The van der Waals surface area contributed by atoms with Crippen molar-refractivity contribution in [2.75, 3.05) is 11.5 Å². The molecule has 0 spiro atoms. The van der Waals surface area contributed by atoms with Crippen molar-refractivity contribution in [2.24, 2.45) is 0 Å². The van der Waals surface area contributed by atoms with Gasteiger partial charge in [-0.05, 0) is 60.7 Å². The van der Waals surface area contributed by atoms with Crippen LogP contribution in [0.5, 0.6) is 0 Å². The highest BCUT2D eigenvalue weighted by atomic mass is 19.4. The van der Waals surface area contributed by atoms with Gasteiger partial charge in [0.1, 0.15) is 0 Å². The lowest BCUT2D eigenvalue weighted by Crippen LogP contribution is -2.46. The number of anilines is 1. The van der Waals surface area contributed by atoms with E-state index in [1.165, 1.54) is 4.90 Å². The van der Waals surface area contributed by atoms with Crippen LogP contribution in [0.15, 0.2) is 36.4 Å². The lowest BCUT2D eigenvalue weighted by Gasteiger charge is -2.38. The molecule has 0 fully saturated rings. The van der Waals surface area contributed by atoms with Crippen LogP contribution >= 0.6 is 0 Å². The summed E-state index contributed by atoms with van der Waals surface area (Å²) in [4.78, 5) is 25.3. The van der Waals surface area contributed by atoms with E-state index < -0.39 is 54.4 Å². The van der Waals surface area contributed by atoms with Crippen molar-refractivity contribution >= 4 is 17.9 Å². The number of amides is 2. The minimum absolute atomic E-state index is 0.0315. The number of fused-ring (bicyclic) bond motifs is 1. The molecule has 196 valence electrons. The first-order valence-corrected chi connectivity index (χ1v) is 11.1. The number of hydrogen-bond acceptors (Lipinski definition) is 3. The number of carbonyl (C=O) groups excluding carboxylic acids is 1. The molecule has 36 heavy (non-hydrogen) atoms. The normalized spacial score (nSPS) is 17.9. The molecular weight excluding hydrogens is 494 g/mol. The number of carbonyl (C=O) groups is 2. The fourth-order valence-corrected chi connectivity index (χ4v) is 4.17. The van der Waals surface area contributed by atoms with Crippen LogP contribution in [0.4, 0.5) is 41.6 Å². The maximum absolute atomic E-state index is 13.0. The van der Waals surface area contributed by atoms with Crippen LogP contribution in [0.1, 0.15) is 54.1 Å². The van der Waals surface area contributed by atoms with Gasteiger partial charge in [-0.15, -0.1) is 0 Å². The Kier molecular flexibility index (Phi) is 7.75. The van der Waals surface area contributed by atoms with Gasteiger partial charge in [-0.1, -0.05) is 19.1 Å². The predicted octanol–water partition coefficient (Wildman–Crippen LogP) is 6.57. The lowest BCUT2D eigenvalue weighted by atomic mass is 9.90. The average Bonchev–Trinajstić information content (AvgIpc) is 2.77. The van der Waals surface area contributed by atoms with E-state index >= 15 is 0 Å². The SMILES string of the molecule is CCc1ccc2c(c1)C(NC(=O)OCCc1cc(C(F)(F)F)cc(C(F)(F)F)c1)CC(C)N2C(=O)O. The van der Waals surface area contributed by atoms with Crippen LogP contribution in [0.3, 0.4) is 0 Å². The highest BCUT2D eigenvalue weighted by molar-refractivity contribution is 5.89. The zero-order valence-electron chi connectivity index (χ0n) is 19.3. The molecule has 1 aliphatic heterocycles. The Morgan fingerprint density at radius 3 is 2.17 bits per heavy atom. The number of nitrogens with one attached hydrogen (secondary N) is 1. The number of hydrogen-bond donors (Lipinski definition) is 2. The van der Waals surface area contributed by atoms with Gasteiger partial charge in [-0.2, -0.15) is 26.3 Å². The van der Waals surface area contributed by atoms with Crippen molar-refractivity contribution < 1.29 is 45.8 Å². The summed E-state index contributed by atoms with van der Waals surface area (Å²) >= 11 is 0. The van der Waals surface area contributed by atoms with Crippen molar-refractivity contribution in [3.8, 4) is 0 Å². The molecule has 0 aromatic heterocycles. The molecule has 2 N–H and O–H groups in total. The smallest absolute Gasteiger partial charge is 0.416 e. The first-order valence-electron chi connectivity index (χ1n) is 11.1. The third-order valence-corrected chi connectivity index (χ3v) is 5.92. The Morgan fingerprint density at radius 2 is 1.64 bits per heavy atom. The topological polar surface area (TPSA) is 78.9 Å². The van der Waals surface area contributed by atoms with Gasteiger partial charge in [0.25, 0.3) is 0 Å². The number of ether oxygens (including phenoxy) is 1. The Morgan fingerprint density at radius 1 is 1.03 bits per heavy atom. The number of carboxylic acid groups (broad SMARTS) is 1. The monoisotopic (exact) mass is 518 g/mol. The number of nitrogens with zero attached hydrogens (tertiary/aromatic N) is 1. The fourth-order valence-electron chi connectivity index (χ4n) is 4.17. The van der Waals surface area contributed by atoms with Gasteiger partial charge in [-0.3, -0.25) is 4.90 Å². The third kappa shape index (κ3) is 6.21. The van der Waals surface area contributed by atoms with E-state index in [1.807, 2.05) is 6.92 Å². The summed E-state index contributed by atoms with van der Waals surface area (Å²) in [6.45, 7) is 3.13. The summed E-state index contributed by atoms with van der Waals surface area (Å²) in [5.41, 5.74) is -1.28. The molecule has 0 bridgehead atoms. The summed E-state index contributed by atoms with van der Waals surface area (Å²) in [6.07, 6.45) is -11.5. The second kappa shape index (κ2) is 10.3. The van der Waals surface area contributed by atoms with Gasteiger partial charge < -0.3 is 15.2 Å². The molecule has 0 aliphatic carbocycles. The summed E-state index contributed by atoms with van der Waals surface area (Å²) < 4.78 is 83.2. The van der Waals surface area contributed by atoms with Crippen molar-refractivity contribution in [1.82, 2.24) is 5.32 Å². The Bertz CT molecular complexity index is 1100. The quantitative estimate of drug-likeness (QED) is 0.439. The standard InChI is InChI=1S/C24H24F6N2O4/c1-3-14-4-5-20-18(11-14)19(8-13(2)32(20)22(34)35)31-21(33)36-7-6-15-9-16(23(25,26)27)12-17(10-15)24(28,29)30/h4-5,9-13,19H,3,6-8H2,1-2H3,(H,31,33)(H,34,35). The second-order valence-electron chi connectivity index (χ2n) is 8.48. The van der Waals surface area contributed by atoms with E-state index in [1.54, 1.807) is 25.1 Å². The predicted molar refractivity (Wildman–Crippen MR) is 118 cm³/mol. The van der Waals surface area contributed by atoms with E-state index in [2.05, 4.69) is 5.32 Å². The minimum Gasteiger partial charge on any atom is -0.465 e. The summed E-state index contributed by atoms with van der Waals surface area (Å²) in [5, 5.41) is 12.2. The Hall–Kier alpha value is -3.44. The third-order valence-electron chi connectivity index (χ3n) is 5.92. The highest BCUT2D eigenvalue weighted by Crippen LogP contribution is 2.38. The number of aryl methyl sites for hydroxylation is 1. The lowest BCUT2D eigenvalue weighted by molar-refractivity contribution is -0.143. The number of alkyl halides is 6. The number of alkyl carbamates (subject to hydrolysis) is 1. The average molecular weight is 518 g/mol. The zero-order chi connectivity index (χ0) is 26.8. The highest BCUT2D eigenvalue weighted by Gasteiger charge is 2.37. The molecule has 6 nitrogen and oxygen atoms in total. The molecule has 2 atom stereocenters. The van der Waals surface area contributed by atoms with Gasteiger partial charge in [0, 0.05) is 12.5 Å². The first kappa shape index (κ1) is 27.2. The minimum atomic E-state index is -4.97. The second-order valence-corrected chi connectivity index (χ2v) is 8.48. The molecule has 0 saturated carbocycles. The molecule has 0 radical (unpaired) electrons. The van der Waals surface area contributed by atoms with E-state index in [9.17, 15) is 41.0 Å². The van der Waals surface area contributed by atoms with Crippen molar-refractivity contribution in [1.29, 1.82) is 0 Å². The summed E-state index contributed by atoms with van der Waals surface area (Å²) in [7, 11) is 0. The molecule has 2 aromatic rings. The van der Waals surface area contributed by atoms with Gasteiger partial charge >= 0.3 is 24.5 Å². The van der Waals surface area contributed by atoms with Crippen LogP contribution in [0, 0.1) is 0 Å². The molecule has 2 amide bonds. The van der Waals surface area contributed by atoms with Gasteiger partial charge in [-0.25, -0.2) is 9.59 Å². The van der Waals surface area contributed by atoms with E-state index in [-0.39, 0.29) is 24.5 Å². The van der Waals surface area contributed by atoms with Gasteiger partial charge in [0.2, 0.25) is 0 Å². The molecule has 3 rings (SSSR count). The van der Waals surface area contributed by atoms with Gasteiger partial charge in [0.15, 0.2) is 0 Å². The zero-order valence-corrected chi connectivity index (χ0v) is 19.3. The maximum Gasteiger partial charge on any atom is 0.416 e. The van der Waals surface area contributed by atoms with Crippen molar-refractivity contribution in [2.45, 2.75) is 57.5 Å². The molecule has 1 heterocycles. The fraction of sp³-hybridized carbons (Fsp3) is 0.417. The number of halogens is 6. The van der Waals surface area contributed by atoms with Crippen LogP contribution < -0.4 is 10.2 Å². The first-order chi connectivity index (χ1) is 16.7. The number of benzene rings is 2. The Balaban J connectivity index is 1.72. The van der Waals surface area contributed by atoms with Crippen LogP contribution in [0.2, 0.25) is 0 Å². The largest absolute Gasteiger partial charge is 0.465 e. The number of rotatable bonds is 5. The maximum atomic E-state index is 13.0. The molecule has 1 aliphatic rings. The Labute approximate surface area is 202 Å². The van der Waals surface area contributed by atoms with Crippen molar-refractivity contribution in [3.05, 3.63) is 64.2 Å². The van der Waals surface area contributed by atoms with Gasteiger partial charge in [0.05, 0.1) is 29.5 Å². The van der Waals surface area contributed by atoms with E-state index in [4.69, 9.17) is 4.74 Å². The van der Waals surface area contributed by atoms with Crippen LogP contribution in [0.25, 0.3) is 0 Å². The molecule has 12 heteroatoms. The van der Waals surface area contributed by atoms with E-state index in [0.29, 0.717) is 29.8 Å². The summed E-state index contributed by atoms with van der Waals surface area (Å²) in [5.74, 6) is 0. The van der Waals surface area contributed by atoms with E-state index in [0.717, 1.165) is 5.56 Å². The van der Waals surface area contributed by atoms with Crippen LogP contribution in [-0.4, -0.2) is 29.9 Å². The van der Waals surface area contributed by atoms with Crippen LogP contribution in [-0.2, 0) is 29.9 Å². The molecule has 2 aromatic carbocycles. The molecular formula is C24H24F6N2O4. The molecule has 2 unspecified atom stereocenters. The molecule has 0 saturated heterocycles. The summed E-state index contributed by atoms with van der Waals surface area (Å²) in [6, 6.07) is 5.35.